The number of aromatic nitrogens is 1. The molecule has 0 saturated carbocycles. The lowest BCUT2D eigenvalue weighted by atomic mass is 10.2. The molecule has 1 aromatic heterocycles. The van der Waals surface area contributed by atoms with E-state index in [1.165, 1.54) is 6.92 Å². The van der Waals surface area contributed by atoms with Gasteiger partial charge >= 0.3 is 0 Å². The molecule has 0 radical (unpaired) electrons. The molecule has 0 saturated heterocycles. The third-order valence-corrected chi connectivity index (χ3v) is 2.26. The van der Waals surface area contributed by atoms with E-state index >= 15 is 0 Å². The Labute approximate surface area is 82.8 Å². The number of hydrogen-bond donors (Lipinski definition) is 0. The number of halogens is 1. The maximum absolute atomic E-state index is 11.1. The van der Waals surface area contributed by atoms with Gasteiger partial charge in [-0.15, -0.1) is 0 Å². The highest BCUT2D eigenvalue weighted by Gasteiger charge is 2.11. The van der Waals surface area contributed by atoms with E-state index in [9.17, 15) is 4.79 Å². The second-order valence-electron chi connectivity index (χ2n) is 2.73. The molecule has 0 unspecified atom stereocenters. The highest BCUT2D eigenvalue weighted by Crippen LogP contribution is 2.22. The van der Waals surface area contributed by atoms with E-state index in [1.54, 1.807) is 6.07 Å². The molecule has 3 nitrogen and oxygen atoms in total. The van der Waals surface area contributed by atoms with E-state index in [1.807, 2.05) is 12.1 Å². The maximum atomic E-state index is 11.1. The Kier molecular flexibility index (Phi) is 1.92. The van der Waals surface area contributed by atoms with E-state index in [0.717, 1.165) is 9.86 Å². The molecule has 2 rings (SSSR count). The van der Waals surface area contributed by atoms with Crippen LogP contribution < -0.4 is 0 Å². The van der Waals surface area contributed by atoms with Crippen LogP contribution in [0.4, 0.5) is 0 Å². The summed E-state index contributed by atoms with van der Waals surface area (Å²) in [6.45, 7) is 1.47. The number of benzene rings is 1. The largest absolute Gasteiger partial charge is 0.355 e. The highest BCUT2D eigenvalue weighted by atomic mass is 79.9. The number of hydrogen-bond acceptors (Lipinski definition) is 3. The number of carbonyl (C=O) groups excluding carboxylic acids is 1. The van der Waals surface area contributed by atoms with Crippen molar-refractivity contribution in [2.24, 2.45) is 0 Å². The van der Waals surface area contributed by atoms with Crippen LogP contribution in [-0.4, -0.2) is 10.9 Å². The number of Topliss-reactive ketones (excluding diaryl/α,β-unsaturated/α-hetero) is 1. The summed E-state index contributed by atoms with van der Waals surface area (Å²) in [5, 5.41) is 4.45. The van der Waals surface area contributed by atoms with Crippen molar-refractivity contribution < 1.29 is 9.32 Å². The van der Waals surface area contributed by atoms with Crippen LogP contribution in [0.3, 0.4) is 0 Å². The van der Waals surface area contributed by atoms with Crippen LogP contribution in [0.2, 0.25) is 0 Å². The van der Waals surface area contributed by atoms with Crippen LogP contribution in [0.1, 0.15) is 17.4 Å². The average molecular weight is 240 g/mol. The van der Waals surface area contributed by atoms with Crippen molar-refractivity contribution in [2.45, 2.75) is 6.92 Å². The Bertz CT molecular complexity index is 475. The molecular formula is C9H6BrNO2. The normalized spacial score (nSPS) is 10.6. The summed E-state index contributed by atoms with van der Waals surface area (Å²) in [4.78, 5) is 11.1. The molecule has 0 N–H and O–H groups in total. The Morgan fingerprint density at radius 3 is 3.00 bits per heavy atom. The first kappa shape index (κ1) is 8.44. The van der Waals surface area contributed by atoms with E-state index in [2.05, 4.69) is 21.1 Å². The van der Waals surface area contributed by atoms with E-state index < -0.39 is 0 Å². The molecule has 0 spiro atoms. The standard InChI is InChI=1S/C9H6BrNO2/c1-5(12)9-7-3-2-6(10)4-8(7)13-11-9/h2-4H,1H3. The van der Waals surface area contributed by atoms with Gasteiger partial charge in [0.1, 0.15) is 0 Å². The lowest BCUT2D eigenvalue weighted by molar-refractivity contribution is 0.101. The molecule has 0 atom stereocenters. The van der Waals surface area contributed by atoms with Crippen molar-refractivity contribution in [3.63, 3.8) is 0 Å². The maximum Gasteiger partial charge on any atom is 0.182 e. The molecule has 2 aromatic rings. The Morgan fingerprint density at radius 1 is 1.54 bits per heavy atom. The molecular weight excluding hydrogens is 234 g/mol. The van der Waals surface area contributed by atoms with E-state index in [-0.39, 0.29) is 5.78 Å². The van der Waals surface area contributed by atoms with Gasteiger partial charge in [-0.2, -0.15) is 0 Å². The van der Waals surface area contributed by atoms with Crippen molar-refractivity contribution in [3.05, 3.63) is 28.4 Å². The van der Waals surface area contributed by atoms with E-state index in [0.29, 0.717) is 11.3 Å². The summed E-state index contributed by atoms with van der Waals surface area (Å²) in [5.41, 5.74) is 1.02. The zero-order valence-corrected chi connectivity index (χ0v) is 8.46. The molecule has 0 aliphatic carbocycles. The number of nitrogens with zero attached hydrogens (tertiary/aromatic N) is 1. The van der Waals surface area contributed by atoms with Gasteiger partial charge in [0.25, 0.3) is 0 Å². The summed E-state index contributed by atoms with van der Waals surface area (Å²) < 4.78 is 5.90. The third kappa shape index (κ3) is 1.37. The number of fused-ring (bicyclic) bond motifs is 1. The fraction of sp³-hybridized carbons (Fsp3) is 0.111. The lowest BCUT2D eigenvalue weighted by Gasteiger charge is -1.89. The minimum absolute atomic E-state index is 0.0823. The summed E-state index contributed by atoms with van der Waals surface area (Å²) >= 11 is 3.31. The lowest BCUT2D eigenvalue weighted by Crippen LogP contribution is -1.91. The topological polar surface area (TPSA) is 43.1 Å². The number of ketones is 1. The third-order valence-electron chi connectivity index (χ3n) is 1.77. The fourth-order valence-corrected chi connectivity index (χ4v) is 1.51. The summed E-state index contributed by atoms with van der Waals surface area (Å²) in [6.07, 6.45) is 0. The summed E-state index contributed by atoms with van der Waals surface area (Å²) in [6, 6.07) is 5.45. The Balaban J connectivity index is 2.76. The zero-order chi connectivity index (χ0) is 9.42. The van der Waals surface area contributed by atoms with Crippen LogP contribution in [0.5, 0.6) is 0 Å². The average Bonchev–Trinajstić information content (AvgIpc) is 2.46. The van der Waals surface area contributed by atoms with Crippen LogP contribution in [-0.2, 0) is 0 Å². The predicted octanol–water partition coefficient (Wildman–Crippen LogP) is 2.79. The fourth-order valence-electron chi connectivity index (χ4n) is 1.17. The van der Waals surface area contributed by atoms with Crippen molar-refractivity contribution in [2.75, 3.05) is 0 Å². The SMILES string of the molecule is CC(=O)c1noc2cc(Br)ccc12. The molecule has 1 heterocycles. The van der Waals surface area contributed by atoms with Gasteiger partial charge in [0.05, 0.1) is 5.39 Å². The van der Waals surface area contributed by atoms with Crippen LogP contribution in [0.15, 0.2) is 27.2 Å². The molecule has 4 heteroatoms. The van der Waals surface area contributed by atoms with Gasteiger partial charge in [-0.1, -0.05) is 21.1 Å². The molecule has 0 amide bonds. The van der Waals surface area contributed by atoms with Crippen LogP contribution in [0, 0.1) is 0 Å². The second kappa shape index (κ2) is 2.96. The van der Waals surface area contributed by atoms with Crippen molar-refractivity contribution in [3.8, 4) is 0 Å². The minimum Gasteiger partial charge on any atom is -0.355 e. The van der Waals surface area contributed by atoms with Crippen molar-refractivity contribution >= 4 is 32.7 Å². The molecule has 0 bridgehead atoms. The number of rotatable bonds is 1. The van der Waals surface area contributed by atoms with Gasteiger partial charge in [-0.25, -0.2) is 0 Å². The monoisotopic (exact) mass is 239 g/mol. The first-order chi connectivity index (χ1) is 6.18. The first-order valence-electron chi connectivity index (χ1n) is 3.74. The van der Waals surface area contributed by atoms with Crippen LogP contribution >= 0.6 is 15.9 Å². The van der Waals surface area contributed by atoms with Gasteiger partial charge < -0.3 is 4.52 Å². The molecule has 66 valence electrons. The van der Waals surface area contributed by atoms with Crippen LogP contribution in [0.25, 0.3) is 11.0 Å². The zero-order valence-electron chi connectivity index (χ0n) is 6.87. The van der Waals surface area contributed by atoms with Gasteiger partial charge in [0.15, 0.2) is 17.1 Å². The van der Waals surface area contributed by atoms with Gasteiger partial charge in [-0.3, -0.25) is 4.79 Å². The minimum atomic E-state index is -0.0823. The van der Waals surface area contributed by atoms with Gasteiger partial charge in [0.2, 0.25) is 0 Å². The molecule has 0 aliphatic heterocycles. The van der Waals surface area contributed by atoms with E-state index in [4.69, 9.17) is 4.52 Å². The second-order valence-corrected chi connectivity index (χ2v) is 3.64. The predicted molar refractivity (Wildman–Crippen MR) is 51.7 cm³/mol. The Morgan fingerprint density at radius 2 is 2.31 bits per heavy atom. The molecule has 13 heavy (non-hydrogen) atoms. The molecule has 0 aliphatic rings. The van der Waals surface area contributed by atoms with Gasteiger partial charge in [0, 0.05) is 11.4 Å². The van der Waals surface area contributed by atoms with Gasteiger partial charge in [-0.05, 0) is 18.2 Å². The first-order valence-corrected chi connectivity index (χ1v) is 4.53. The summed E-state index contributed by atoms with van der Waals surface area (Å²) in [7, 11) is 0. The Hall–Kier alpha value is -1.16. The quantitative estimate of drug-likeness (QED) is 0.719. The highest BCUT2D eigenvalue weighted by molar-refractivity contribution is 9.10. The van der Waals surface area contributed by atoms with Crippen molar-refractivity contribution in [1.82, 2.24) is 5.16 Å². The summed E-state index contributed by atoms with van der Waals surface area (Å²) in [5.74, 6) is -0.0823. The molecule has 0 fully saturated rings. The molecule has 1 aromatic carbocycles. The smallest absolute Gasteiger partial charge is 0.182 e. The number of carbonyl (C=O) groups is 1. The van der Waals surface area contributed by atoms with Crippen molar-refractivity contribution in [1.29, 1.82) is 0 Å².